The SMILES string of the molecule is CC(N)CCSC1CC(=O)N(C(C)C)C1=O. The minimum atomic E-state index is -0.186. The highest BCUT2D eigenvalue weighted by Gasteiger charge is 2.39. The predicted octanol–water partition coefficient (Wildman–Crippen LogP) is 0.993. The van der Waals surface area contributed by atoms with Crippen molar-refractivity contribution in [3.05, 3.63) is 0 Å². The second kappa shape index (κ2) is 5.68. The first-order chi connectivity index (χ1) is 7.43. The molecule has 92 valence electrons. The lowest BCUT2D eigenvalue weighted by Crippen LogP contribution is -2.37. The number of carbonyl (C=O) groups excluding carboxylic acids is 2. The fraction of sp³-hybridized carbons (Fsp3) is 0.818. The maximum atomic E-state index is 11.9. The number of thioether (sulfide) groups is 1. The van der Waals surface area contributed by atoms with Crippen molar-refractivity contribution in [1.29, 1.82) is 0 Å². The van der Waals surface area contributed by atoms with Crippen molar-refractivity contribution in [2.24, 2.45) is 5.73 Å². The fourth-order valence-electron chi connectivity index (χ4n) is 1.69. The Balaban J connectivity index is 2.46. The molecule has 2 amide bonds. The van der Waals surface area contributed by atoms with E-state index in [1.165, 1.54) is 4.90 Å². The molecule has 0 aliphatic carbocycles. The topological polar surface area (TPSA) is 63.4 Å². The molecular formula is C11H20N2O2S. The Hall–Kier alpha value is -0.550. The number of likely N-dealkylation sites (tertiary alicyclic amines) is 1. The molecule has 2 unspecified atom stereocenters. The number of carbonyl (C=O) groups is 2. The van der Waals surface area contributed by atoms with Crippen molar-refractivity contribution < 1.29 is 9.59 Å². The van der Waals surface area contributed by atoms with Crippen LogP contribution in [-0.4, -0.2) is 39.8 Å². The van der Waals surface area contributed by atoms with Crippen molar-refractivity contribution in [2.45, 2.75) is 50.9 Å². The highest BCUT2D eigenvalue weighted by atomic mass is 32.2. The molecule has 0 saturated carbocycles. The van der Waals surface area contributed by atoms with Gasteiger partial charge in [0.05, 0.1) is 5.25 Å². The van der Waals surface area contributed by atoms with Gasteiger partial charge in [-0.3, -0.25) is 14.5 Å². The molecule has 1 fully saturated rings. The maximum absolute atomic E-state index is 11.9. The van der Waals surface area contributed by atoms with Crippen molar-refractivity contribution in [3.8, 4) is 0 Å². The Kier molecular flexibility index (Phi) is 4.80. The van der Waals surface area contributed by atoms with Gasteiger partial charge in [-0.15, -0.1) is 11.8 Å². The summed E-state index contributed by atoms with van der Waals surface area (Å²) in [6, 6.07) is 0.125. The van der Waals surface area contributed by atoms with Crippen LogP contribution in [0.15, 0.2) is 0 Å². The number of amides is 2. The summed E-state index contributed by atoms with van der Waals surface area (Å²) in [7, 11) is 0. The van der Waals surface area contributed by atoms with E-state index in [4.69, 9.17) is 5.73 Å². The largest absolute Gasteiger partial charge is 0.328 e. The number of imide groups is 1. The number of hydrogen-bond acceptors (Lipinski definition) is 4. The number of nitrogens with zero attached hydrogens (tertiary/aromatic N) is 1. The third-order valence-corrected chi connectivity index (χ3v) is 3.79. The van der Waals surface area contributed by atoms with Gasteiger partial charge in [-0.1, -0.05) is 0 Å². The molecular weight excluding hydrogens is 224 g/mol. The molecule has 1 aliphatic heterocycles. The summed E-state index contributed by atoms with van der Waals surface area (Å²) in [6.45, 7) is 5.68. The van der Waals surface area contributed by atoms with Gasteiger partial charge in [0, 0.05) is 18.5 Å². The molecule has 0 radical (unpaired) electrons. The lowest BCUT2D eigenvalue weighted by Gasteiger charge is -2.18. The summed E-state index contributed by atoms with van der Waals surface area (Å²) in [5.41, 5.74) is 5.64. The molecule has 1 rings (SSSR count). The summed E-state index contributed by atoms with van der Waals surface area (Å²) < 4.78 is 0. The van der Waals surface area contributed by atoms with Crippen LogP contribution in [-0.2, 0) is 9.59 Å². The van der Waals surface area contributed by atoms with Crippen molar-refractivity contribution in [3.63, 3.8) is 0 Å². The minimum Gasteiger partial charge on any atom is -0.328 e. The van der Waals surface area contributed by atoms with Gasteiger partial charge in [0.1, 0.15) is 0 Å². The summed E-state index contributed by atoms with van der Waals surface area (Å²) in [4.78, 5) is 24.9. The van der Waals surface area contributed by atoms with E-state index in [0.717, 1.165) is 12.2 Å². The van der Waals surface area contributed by atoms with Crippen molar-refractivity contribution in [1.82, 2.24) is 4.90 Å². The predicted molar refractivity (Wildman–Crippen MR) is 66.1 cm³/mol. The maximum Gasteiger partial charge on any atom is 0.243 e. The second-order valence-electron chi connectivity index (χ2n) is 4.53. The van der Waals surface area contributed by atoms with Gasteiger partial charge in [0.2, 0.25) is 11.8 Å². The molecule has 1 saturated heterocycles. The number of nitrogens with two attached hydrogens (primary N) is 1. The average Bonchev–Trinajstić information content (AvgIpc) is 2.41. The Bertz CT molecular complexity index is 279. The molecule has 1 aliphatic rings. The lowest BCUT2D eigenvalue weighted by molar-refractivity contribution is -0.140. The molecule has 0 aromatic heterocycles. The van der Waals surface area contributed by atoms with E-state index in [9.17, 15) is 9.59 Å². The van der Waals surface area contributed by atoms with Crippen molar-refractivity contribution >= 4 is 23.6 Å². The summed E-state index contributed by atoms with van der Waals surface area (Å²) in [5.74, 6) is 0.765. The van der Waals surface area contributed by atoms with Crippen LogP contribution in [0.3, 0.4) is 0 Å². The van der Waals surface area contributed by atoms with Crippen molar-refractivity contribution in [2.75, 3.05) is 5.75 Å². The van der Waals surface area contributed by atoms with E-state index in [0.29, 0.717) is 6.42 Å². The van der Waals surface area contributed by atoms with Gasteiger partial charge in [0.15, 0.2) is 0 Å². The van der Waals surface area contributed by atoms with E-state index in [2.05, 4.69) is 0 Å². The molecule has 0 bridgehead atoms. The van der Waals surface area contributed by atoms with E-state index >= 15 is 0 Å². The summed E-state index contributed by atoms with van der Waals surface area (Å²) >= 11 is 1.55. The Morgan fingerprint density at radius 2 is 2.06 bits per heavy atom. The van der Waals surface area contributed by atoms with Crippen LogP contribution in [0.2, 0.25) is 0 Å². The van der Waals surface area contributed by atoms with E-state index in [1.807, 2.05) is 20.8 Å². The second-order valence-corrected chi connectivity index (χ2v) is 5.84. The van der Waals surface area contributed by atoms with E-state index < -0.39 is 0 Å². The lowest BCUT2D eigenvalue weighted by atomic mass is 10.3. The molecule has 16 heavy (non-hydrogen) atoms. The zero-order valence-electron chi connectivity index (χ0n) is 10.1. The third kappa shape index (κ3) is 3.22. The molecule has 0 spiro atoms. The first kappa shape index (κ1) is 13.5. The first-order valence-corrected chi connectivity index (χ1v) is 6.71. The zero-order valence-corrected chi connectivity index (χ0v) is 10.9. The quantitative estimate of drug-likeness (QED) is 0.733. The van der Waals surface area contributed by atoms with Crippen LogP contribution >= 0.6 is 11.8 Å². The summed E-state index contributed by atoms with van der Waals surface area (Å²) in [5, 5.41) is -0.186. The average molecular weight is 244 g/mol. The van der Waals surface area contributed by atoms with Crippen LogP contribution in [0.1, 0.15) is 33.6 Å². The highest BCUT2D eigenvalue weighted by molar-refractivity contribution is 8.00. The molecule has 2 N–H and O–H groups in total. The third-order valence-electron chi connectivity index (χ3n) is 2.55. The van der Waals surface area contributed by atoms with Gasteiger partial charge in [-0.25, -0.2) is 0 Å². The molecule has 4 nitrogen and oxygen atoms in total. The van der Waals surface area contributed by atoms with Gasteiger partial charge in [-0.2, -0.15) is 0 Å². The fourth-order valence-corrected chi connectivity index (χ4v) is 3.00. The van der Waals surface area contributed by atoms with E-state index in [-0.39, 0.29) is 29.1 Å². The summed E-state index contributed by atoms with van der Waals surface area (Å²) in [6.07, 6.45) is 1.23. The Morgan fingerprint density at radius 3 is 2.50 bits per heavy atom. The van der Waals surface area contributed by atoms with Crippen LogP contribution in [0.25, 0.3) is 0 Å². The Morgan fingerprint density at radius 1 is 1.44 bits per heavy atom. The van der Waals surface area contributed by atoms with Crippen LogP contribution in [0, 0.1) is 0 Å². The number of rotatable bonds is 5. The molecule has 1 heterocycles. The Labute approximate surface area is 101 Å². The molecule has 0 aromatic carbocycles. The highest BCUT2D eigenvalue weighted by Crippen LogP contribution is 2.27. The first-order valence-electron chi connectivity index (χ1n) is 5.66. The van der Waals surface area contributed by atoms with Gasteiger partial charge in [-0.05, 0) is 32.9 Å². The molecule has 2 atom stereocenters. The van der Waals surface area contributed by atoms with Crippen LogP contribution in [0.5, 0.6) is 0 Å². The molecule has 5 heteroatoms. The zero-order chi connectivity index (χ0) is 12.3. The van der Waals surface area contributed by atoms with Gasteiger partial charge < -0.3 is 5.73 Å². The standard InChI is InChI=1S/C11H20N2O2S/c1-7(2)13-10(14)6-9(11(13)15)16-5-4-8(3)12/h7-9H,4-6,12H2,1-3H3. The van der Waals surface area contributed by atoms with Crippen LogP contribution < -0.4 is 5.73 Å². The normalized spacial score (nSPS) is 23.3. The van der Waals surface area contributed by atoms with Gasteiger partial charge in [0.25, 0.3) is 0 Å². The minimum absolute atomic E-state index is 0.0287. The van der Waals surface area contributed by atoms with E-state index in [1.54, 1.807) is 11.8 Å². The monoisotopic (exact) mass is 244 g/mol. The van der Waals surface area contributed by atoms with Gasteiger partial charge >= 0.3 is 0 Å². The smallest absolute Gasteiger partial charge is 0.243 e. The van der Waals surface area contributed by atoms with Crippen LogP contribution in [0.4, 0.5) is 0 Å². The molecule has 0 aromatic rings. The number of hydrogen-bond donors (Lipinski definition) is 1.